The van der Waals surface area contributed by atoms with Crippen LogP contribution in [0.15, 0.2) is 18.2 Å². The molecule has 1 aromatic heterocycles. The van der Waals surface area contributed by atoms with E-state index in [1.807, 2.05) is 32.0 Å². The molecule has 7 nitrogen and oxygen atoms in total. The number of benzene rings is 1. The predicted octanol–water partition coefficient (Wildman–Crippen LogP) is 1.35. The van der Waals surface area contributed by atoms with Gasteiger partial charge in [-0.25, -0.2) is 0 Å². The number of ether oxygens (including phenoxy) is 2. The third-order valence-corrected chi connectivity index (χ3v) is 3.01. The highest BCUT2D eigenvalue weighted by Crippen LogP contribution is 2.28. The van der Waals surface area contributed by atoms with Gasteiger partial charge in [0, 0.05) is 6.07 Å². The van der Waals surface area contributed by atoms with Gasteiger partial charge in [-0.15, -0.1) is 5.10 Å². The van der Waals surface area contributed by atoms with Crippen molar-refractivity contribution in [1.29, 1.82) is 0 Å². The zero-order chi connectivity index (χ0) is 14.5. The highest BCUT2D eigenvalue weighted by Gasteiger charge is 2.18. The smallest absolute Gasteiger partial charge is 0.173 e. The van der Waals surface area contributed by atoms with Crippen molar-refractivity contribution < 1.29 is 9.47 Å². The van der Waals surface area contributed by atoms with Gasteiger partial charge < -0.3 is 14.8 Å². The van der Waals surface area contributed by atoms with Crippen LogP contribution in [0.2, 0.25) is 0 Å². The lowest BCUT2D eigenvalue weighted by Gasteiger charge is -2.14. The quantitative estimate of drug-likeness (QED) is 0.859. The van der Waals surface area contributed by atoms with E-state index in [9.17, 15) is 0 Å². The maximum absolute atomic E-state index is 5.37. The number of tetrazole rings is 1. The Morgan fingerprint density at radius 3 is 2.75 bits per heavy atom. The molecular formula is C13H19N5O2. The molecule has 1 atom stereocenters. The standard InChI is InChI=1S/C13H19N5O2/c1-5-14-9(2)13-15-16-17-18(13)11-8-10(19-3)6-7-12(11)20-4/h6-9,14H,5H2,1-4H3. The Kier molecular flexibility index (Phi) is 4.52. The number of nitrogens with zero attached hydrogens (tertiary/aromatic N) is 4. The molecule has 0 spiro atoms. The van der Waals surface area contributed by atoms with Gasteiger partial charge in [-0.1, -0.05) is 6.92 Å². The van der Waals surface area contributed by atoms with Gasteiger partial charge in [-0.2, -0.15) is 4.68 Å². The molecule has 0 saturated carbocycles. The van der Waals surface area contributed by atoms with Crippen molar-refractivity contribution in [2.75, 3.05) is 20.8 Å². The largest absolute Gasteiger partial charge is 0.497 e. The highest BCUT2D eigenvalue weighted by atomic mass is 16.5. The summed E-state index contributed by atoms with van der Waals surface area (Å²) in [7, 11) is 3.23. The summed E-state index contributed by atoms with van der Waals surface area (Å²) in [5.74, 6) is 2.12. The van der Waals surface area contributed by atoms with Crippen LogP contribution in [-0.4, -0.2) is 41.0 Å². The minimum Gasteiger partial charge on any atom is -0.497 e. The third-order valence-electron chi connectivity index (χ3n) is 3.01. The van der Waals surface area contributed by atoms with Gasteiger partial charge in [0.05, 0.1) is 20.3 Å². The van der Waals surface area contributed by atoms with E-state index < -0.39 is 0 Å². The van der Waals surface area contributed by atoms with Gasteiger partial charge in [0.25, 0.3) is 0 Å². The fourth-order valence-corrected chi connectivity index (χ4v) is 2.00. The Hall–Kier alpha value is -2.15. The van der Waals surface area contributed by atoms with Crippen LogP contribution in [0.3, 0.4) is 0 Å². The zero-order valence-corrected chi connectivity index (χ0v) is 12.1. The molecule has 108 valence electrons. The van der Waals surface area contributed by atoms with E-state index in [-0.39, 0.29) is 6.04 Å². The summed E-state index contributed by atoms with van der Waals surface area (Å²) in [5, 5.41) is 15.2. The average Bonchev–Trinajstić information content (AvgIpc) is 2.96. The molecule has 0 radical (unpaired) electrons. The predicted molar refractivity (Wildman–Crippen MR) is 74.3 cm³/mol. The van der Waals surface area contributed by atoms with Crippen LogP contribution in [0.25, 0.3) is 5.69 Å². The van der Waals surface area contributed by atoms with Crippen molar-refractivity contribution in [3.05, 3.63) is 24.0 Å². The van der Waals surface area contributed by atoms with E-state index in [1.54, 1.807) is 18.9 Å². The molecule has 7 heteroatoms. The molecule has 2 rings (SSSR count). The summed E-state index contributed by atoms with van der Waals surface area (Å²) in [6.07, 6.45) is 0. The maximum Gasteiger partial charge on any atom is 0.173 e. The lowest BCUT2D eigenvalue weighted by Crippen LogP contribution is -2.21. The maximum atomic E-state index is 5.37. The van der Waals surface area contributed by atoms with Crippen molar-refractivity contribution >= 4 is 0 Å². The number of rotatable bonds is 6. The van der Waals surface area contributed by atoms with Crippen LogP contribution in [0, 0.1) is 0 Å². The molecule has 2 aromatic rings. The van der Waals surface area contributed by atoms with Crippen molar-refractivity contribution in [3.63, 3.8) is 0 Å². The molecular weight excluding hydrogens is 258 g/mol. The Morgan fingerprint density at radius 2 is 2.10 bits per heavy atom. The zero-order valence-electron chi connectivity index (χ0n) is 12.1. The summed E-state index contributed by atoms with van der Waals surface area (Å²) >= 11 is 0. The summed E-state index contributed by atoms with van der Waals surface area (Å²) in [5.41, 5.74) is 0.747. The van der Waals surface area contributed by atoms with E-state index in [4.69, 9.17) is 9.47 Å². The third kappa shape index (κ3) is 2.72. The SMILES string of the molecule is CCNC(C)c1nnnn1-c1cc(OC)ccc1OC. The van der Waals surface area contributed by atoms with E-state index in [0.29, 0.717) is 5.75 Å². The van der Waals surface area contributed by atoms with Crippen molar-refractivity contribution in [1.82, 2.24) is 25.5 Å². The minimum atomic E-state index is 0.0332. The van der Waals surface area contributed by atoms with Gasteiger partial charge >= 0.3 is 0 Å². The molecule has 0 aliphatic carbocycles. The first-order valence-corrected chi connectivity index (χ1v) is 6.45. The van der Waals surface area contributed by atoms with Crippen LogP contribution in [0.5, 0.6) is 11.5 Å². The van der Waals surface area contributed by atoms with Crippen LogP contribution < -0.4 is 14.8 Å². The van der Waals surface area contributed by atoms with Gasteiger partial charge in [0.15, 0.2) is 5.82 Å². The van der Waals surface area contributed by atoms with Crippen LogP contribution in [0.4, 0.5) is 0 Å². The molecule has 1 heterocycles. The fraction of sp³-hybridized carbons (Fsp3) is 0.462. The lowest BCUT2D eigenvalue weighted by molar-refractivity contribution is 0.399. The molecule has 0 fully saturated rings. The average molecular weight is 277 g/mol. The summed E-state index contributed by atoms with van der Waals surface area (Å²) in [4.78, 5) is 0. The van der Waals surface area contributed by atoms with Gasteiger partial charge in [-0.3, -0.25) is 0 Å². The molecule has 0 saturated heterocycles. The molecule has 0 amide bonds. The highest BCUT2D eigenvalue weighted by molar-refractivity contribution is 5.51. The van der Waals surface area contributed by atoms with Crippen molar-refractivity contribution in [2.45, 2.75) is 19.9 Å². The Labute approximate surface area is 117 Å². The van der Waals surface area contributed by atoms with E-state index in [0.717, 1.165) is 23.8 Å². The second-order valence-electron chi connectivity index (χ2n) is 4.27. The topological polar surface area (TPSA) is 74.1 Å². The minimum absolute atomic E-state index is 0.0332. The van der Waals surface area contributed by atoms with Gasteiger partial charge in [0.2, 0.25) is 0 Å². The Balaban J connectivity index is 2.48. The van der Waals surface area contributed by atoms with Gasteiger partial charge in [-0.05, 0) is 36.0 Å². The number of hydrogen-bond acceptors (Lipinski definition) is 6. The summed E-state index contributed by atoms with van der Waals surface area (Å²) in [6.45, 7) is 4.89. The van der Waals surface area contributed by atoms with Crippen LogP contribution in [-0.2, 0) is 0 Å². The van der Waals surface area contributed by atoms with Crippen molar-refractivity contribution in [3.8, 4) is 17.2 Å². The first-order chi connectivity index (χ1) is 9.71. The Morgan fingerprint density at radius 1 is 1.30 bits per heavy atom. The molecule has 1 aromatic carbocycles. The second-order valence-corrected chi connectivity index (χ2v) is 4.27. The molecule has 20 heavy (non-hydrogen) atoms. The van der Waals surface area contributed by atoms with E-state index >= 15 is 0 Å². The van der Waals surface area contributed by atoms with Gasteiger partial charge in [0.1, 0.15) is 17.2 Å². The van der Waals surface area contributed by atoms with E-state index in [1.165, 1.54) is 0 Å². The Bertz CT molecular complexity index is 570. The van der Waals surface area contributed by atoms with Crippen LogP contribution in [0.1, 0.15) is 25.7 Å². The molecule has 0 aliphatic rings. The number of aromatic nitrogens is 4. The van der Waals surface area contributed by atoms with E-state index in [2.05, 4.69) is 20.8 Å². The van der Waals surface area contributed by atoms with Crippen molar-refractivity contribution in [2.24, 2.45) is 0 Å². The lowest BCUT2D eigenvalue weighted by atomic mass is 10.2. The summed E-state index contributed by atoms with van der Waals surface area (Å²) in [6, 6.07) is 5.54. The first-order valence-electron chi connectivity index (χ1n) is 6.45. The normalized spacial score (nSPS) is 12.2. The number of methoxy groups -OCH3 is 2. The second kappa shape index (κ2) is 6.33. The molecule has 1 N–H and O–H groups in total. The van der Waals surface area contributed by atoms with Crippen LogP contribution >= 0.6 is 0 Å². The molecule has 0 bridgehead atoms. The molecule has 0 aliphatic heterocycles. The monoisotopic (exact) mass is 277 g/mol. The molecule has 1 unspecified atom stereocenters. The number of nitrogens with one attached hydrogen (secondary N) is 1. The number of hydrogen-bond donors (Lipinski definition) is 1. The first kappa shape index (κ1) is 14.3. The summed E-state index contributed by atoms with van der Waals surface area (Å²) < 4.78 is 12.3. The fourth-order valence-electron chi connectivity index (χ4n) is 2.00.